The maximum absolute atomic E-state index is 5.79. The summed E-state index contributed by atoms with van der Waals surface area (Å²) in [5.41, 5.74) is 1.19. The first-order valence-corrected chi connectivity index (χ1v) is 6.10. The zero-order valence-corrected chi connectivity index (χ0v) is 9.91. The maximum atomic E-state index is 5.79. The summed E-state index contributed by atoms with van der Waals surface area (Å²) in [6, 6.07) is 2.01. The van der Waals surface area contributed by atoms with E-state index in [-0.39, 0.29) is 0 Å². The summed E-state index contributed by atoms with van der Waals surface area (Å²) < 4.78 is 5.79. The monoisotopic (exact) mass is 220 g/mol. The Morgan fingerprint density at radius 3 is 3.06 bits per heavy atom. The van der Waals surface area contributed by atoms with Gasteiger partial charge >= 0.3 is 0 Å². The van der Waals surface area contributed by atoms with E-state index in [4.69, 9.17) is 4.74 Å². The van der Waals surface area contributed by atoms with E-state index in [1.165, 1.54) is 31.2 Å². The molecule has 0 aliphatic heterocycles. The molecule has 1 heterocycles. The van der Waals surface area contributed by atoms with Gasteiger partial charge in [0.15, 0.2) is 0 Å². The molecule has 16 heavy (non-hydrogen) atoms. The molecular formula is C13H20N2O. The normalized spacial score (nSPS) is 15.8. The van der Waals surface area contributed by atoms with E-state index >= 15 is 0 Å². The number of ether oxygens (including phenoxy) is 1. The van der Waals surface area contributed by atoms with Gasteiger partial charge in [-0.1, -0.05) is 19.3 Å². The minimum atomic E-state index is 0.826. The second-order valence-corrected chi connectivity index (χ2v) is 4.45. The van der Waals surface area contributed by atoms with E-state index in [0.717, 1.165) is 24.8 Å². The molecule has 1 fully saturated rings. The molecule has 2 rings (SSSR count). The van der Waals surface area contributed by atoms with Gasteiger partial charge in [-0.25, -0.2) is 0 Å². The van der Waals surface area contributed by atoms with Crippen molar-refractivity contribution in [3.05, 3.63) is 24.0 Å². The highest BCUT2D eigenvalue weighted by atomic mass is 16.5. The lowest BCUT2D eigenvalue weighted by molar-refractivity contribution is 0.220. The largest absolute Gasteiger partial charge is 0.492 e. The average Bonchev–Trinajstić information content (AvgIpc) is 2.24. The van der Waals surface area contributed by atoms with Crippen LogP contribution >= 0.6 is 0 Å². The molecule has 1 N–H and O–H groups in total. The second kappa shape index (κ2) is 5.85. The highest BCUT2D eigenvalue weighted by Gasteiger charge is 2.17. The van der Waals surface area contributed by atoms with Gasteiger partial charge in [0.2, 0.25) is 0 Å². The van der Waals surface area contributed by atoms with E-state index in [9.17, 15) is 0 Å². The van der Waals surface area contributed by atoms with Crippen molar-refractivity contribution in [1.29, 1.82) is 0 Å². The summed E-state index contributed by atoms with van der Waals surface area (Å²) in [5, 5.41) is 3.14. The Morgan fingerprint density at radius 1 is 1.50 bits per heavy atom. The number of aromatic nitrogens is 1. The van der Waals surface area contributed by atoms with Crippen LogP contribution < -0.4 is 10.1 Å². The van der Waals surface area contributed by atoms with Crippen LogP contribution in [0.25, 0.3) is 0 Å². The summed E-state index contributed by atoms with van der Waals surface area (Å²) in [7, 11) is 1.94. The Balaban J connectivity index is 1.82. The highest BCUT2D eigenvalue weighted by Crippen LogP contribution is 2.29. The predicted molar refractivity (Wildman–Crippen MR) is 64.5 cm³/mol. The van der Waals surface area contributed by atoms with Gasteiger partial charge in [-0.05, 0) is 25.5 Å². The van der Waals surface area contributed by atoms with E-state index < -0.39 is 0 Å². The molecule has 88 valence electrons. The van der Waals surface area contributed by atoms with E-state index in [1.54, 1.807) is 0 Å². The molecule has 0 amide bonds. The number of hydrogen-bond acceptors (Lipinski definition) is 3. The molecule has 0 unspecified atom stereocenters. The molecule has 1 saturated carbocycles. The van der Waals surface area contributed by atoms with Crippen LogP contribution in [0.2, 0.25) is 0 Å². The molecule has 3 heteroatoms. The van der Waals surface area contributed by atoms with Gasteiger partial charge in [0, 0.05) is 18.3 Å². The fraction of sp³-hybridized carbons (Fsp3) is 0.615. The Labute approximate surface area is 97.2 Å². The van der Waals surface area contributed by atoms with Crippen molar-refractivity contribution in [3.8, 4) is 5.75 Å². The highest BCUT2D eigenvalue weighted by molar-refractivity contribution is 5.29. The van der Waals surface area contributed by atoms with Crippen molar-refractivity contribution < 1.29 is 4.74 Å². The standard InChI is InChI=1S/C13H20N2O/c1-14-9-12-5-7-15-10-13(12)16-8-6-11-3-2-4-11/h5,7,10-11,14H,2-4,6,8-9H2,1H3. The molecular weight excluding hydrogens is 200 g/mol. The molecule has 0 bridgehead atoms. The van der Waals surface area contributed by atoms with Gasteiger partial charge in [0.25, 0.3) is 0 Å². The lowest BCUT2D eigenvalue weighted by Gasteiger charge is -2.25. The van der Waals surface area contributed by atoms with Crippen LogP contribution in [0, 0.1) is 5.92 Å². The van der Waals surface area contributed by atoms with Crippen LogP contribution in [0.4, 0.5) is 0 Å². The Kier molecular flexibility index (Phi) is 4.17. The lowest BCUT2D eigenvalue weighted by Crippen LogP contribution is -2.15. The predicted octanol–water partition coefficient (Wildman–Crippen LogP) is 2.37. The van der Waals surface area contributed by atoms with Gasteiger partial charge in [0.1, 0.15) is 5.75 Å². The first-order chi connectivity index (χ1) is 7.90. The van der Waals surface area contributed by atoms with Gasteiger partial charge in [-0.3, -0.25) is 4.98 Å². The minimum absolute atomic E-state index is 0.826. The third kappa shape index (κ3) is 2.95. The molecule has 0 aromatic carbocycles. The van der Waals surface area contributed by atoms with Crippen LogP contribution in [0.1, 0.15) is 31.2 Å². The zero-order valence-electron chi connectivity index (χ0n) is 9.91. The molecule has 0 atom stereocenters. The molecule has 0 spiro atoms. The fourth-order valence-corrected chi connectivity index (χ4v) is 1.99. The summed E-state index contributed by atoms with van der Waals surface area (Å²) in [5.74, 6) is 1.83. The van der Waals surface area contributed by atoms with Gasteiger partial charge in [0.05, 0.1) is 12.8 Å². The number of rotatable bonds is 6. The lowest BCUT2D eigenvalue weighted by atomic mass is 9.83. The molecule has 0 radical (unpaired) electrons. The molecule has 1 aromatic rings. The van der Waals surface area contributed by atoms with E-state index in [0.29, 0.717) is 0 Å². The van der Waals surface area contributed by atoms with Gasteiger partial charge < -0.3 is 10.1 Å². The third-order valence-corrected chi connectivity index (χ3v) is 3.25. The van der Waals surface area contributed by atoms with Gasteiger partial charge in [-0.15, -0.1) is 0 Å². The summed E-state index contributed by atoms with van der Waals surface area (Å²) in [6.45, 7) is 1.66. The van der Waals surface area contributed by atoms with Crippen LogP contribution in [0.3, 0.4) is 0 Å². The van der Waals surface area contributed by atoms with Crippen LogP contribution in [0.5, 0.6) is 5.75 Å². The molecule has 0 saturated heterocycles. The SMILES string of the molecule is CNCc1ccncc1OCCC1CCC1. The first kappa shape index (κ1) is 11.4. The van der Waals surface area contributed by atoms with Gasteiger partial charge in [-0.2, -0.15) is 0 Å². The quantitative estimate of drug-likeness (QED) is 0.799. The van der Waals surface area contributed by atoms with Crippen molar-refractivity contribution in [1.82, 2.24) is 10.3 Å². The van der Waals surface area contributed by atoms with Crippen LogP contribution in [-0.4, -0.2) is 18.6 Å². The van der Waals surface area contributed by atoms with E-state index in [1.807, 2.05) is 25.5 Å². The molecule has 1 aromatic heterocycles. The third-order valence-electron chi connectivity index (χ3n) is 3.25. The molecule has 3 nitrogen and oxygen atoms in total. The number of nitrogens with one attached hydrogen (secondary N) is 1. The topological polar surface area (TPSA) is 34.2 Å². The number of nitrogens with zero attached hydrogens (tertiary/aromatic N) is 1. The Bertz CT molecular complexity index is 323. The van der Waals surface area contributed by atoms with Crippen molar-refractivity contribution >= 4 is 0 Å². The van der Waals surface area contributed by atoms with E-state index in [2.05, 4.69) is 10.3 Å². The summed E-state index contributed by atoms with van der Waals surface area (Å²) in [6.07, 6.45) is 8.99. The van der Waals surface area contributed by atoms with Crippen molar-refractivity contribution in [2.75, 3.05) is 13.7 Å². The second-order valence-electron chi connectivity index (χ2n) is 4.45. The van der Waals surface area contributed by atoms with Crippen LogP contribution in [0.15, 0.2) is 18.5 Å². The smallest absolute Gasteiger partial charge is 0.142 e. The first-order valence-electron chi connectivity index (χ1n) is 6.10. The van der Waals surface area contributed by atoms with Crippen LogP contribution in [-0.2, 0) is 6.54 Å². The minimum Gasteiger partial charge on any atom is -0.492 e. The Morgan fingerprint density at radius 2 is 2.38 bits per heavy atom. The summed E-state index contributed by atoms with van der Waals surface area (Å²) in [4.78, 5) is 4.11. The molecule has 1 aliphatic carbocycles. The Hall–Kier alpha value is -1.09. The number of pyridine rings is 1. The van der Waals surface area contributed by atoms with Crippen molar-refractivity contribution in [2.24, 2.45) is 5.92 Å². The number of hydrogen-bond donors (Lipinski definition) is 1. The van der Waals surface area contributed by atoms with Crippen molar-refractivity contribution in [2.45, 2.75) is 32.2 Å². The maximum Gasteiger partial charge on any atom is 0.142 e. The van der Waals surface area contributed by atoms with Crippen molar-refractivity contribution in [3.63, 3.8) is 0 Å². The zero-order chi connectivity index (χ0) is 11.2. The molecule has 1 aliphatic rings. The average molecular weight is 220 g/mol. The fourth-order valence-electron chi connectivity index (χ4n) is 1.99. The summed E-state index contributed by atoms with van der Waals surface area (Å²) >= 11 is 0.